The lowest BCUT2D eigenvalue weighted by atomic mass is 10.3. The van der Waals surface area contributed by atoms with Crippen LogP contribution in [0.15, 0.2) is 93.6 Å². The van der Waals surface area contributed by atoms with E-state index in [1.807, 2.05) is 31.2 Å². The molecule has 0 amide bonds. The van der Waals surface area contributed by atoms with E-state index < -0.39 is 10.0 Å². The molecule has 0 saturated carbocycles. The lowest BCUT2D eigenvalue weighted by molar-refractivity contribution is 0.601. The zero-order valence-electron chi connectivity index (χ0n) is 16.1. The quantitative estimate of drug-likeness (QED) is 0.460. The van der Waals surface area contributed by atoms with Crippen LogP contribution < -0.4 is 10.3 Å². The number of aryl methyl sites for hydroxylation is 1. The minimum absolute atomic E-state index is 0.145. The van der Waals surface area contributed by atoms with Crippen molar-refractivity contribution in [2.24, 2.45) is 0 Å². The maximum absolute atomic E-state index is 12.7. The number of pyridine rings is 1. The summed E-state index contributed by atoms with van der Waals surface area (Å²) in [4.78, 5) is 17.9. The molecule has 0 atom stereocenters. The van der Waals surface area contributed by atoms with Crippen LogP contribution >= 0.6 is 11.8 Å². The molecule has 0 aliphatic rings. The van der Waals surface area contributed by atoms with Gasteiger partial charge in [0, 0.05) is 22.9 Å². The highest BCUT2D eigenvalue weighted by Gasteiger charge is 2.16. The number of benzene rings is 2. The summed E-state index contributed by atoms with van der Waals surface area (Å²) >= 11 is 1.42. The summed E-state index contributed by atoms with van der Waals surface area (Å²) in [5.74, 6) is 0.434. The molecule has 0 aliphatic carbocycles. The van der Waals surface area contributed by atoms with Gasteiger partial charge in [-0.2, -0.15) is 0 Å². The van der Waals surface area contributed by atoms with Gasteiger partial charge in [0.25, 0.3) is 15.6 Å². The van der Waals surface area contributed by atoms with Gasteiger partial charge < -0.3 is 0 Å². The molecule has 152 valence electrons. The monoisotopic (exact) mass is 437 g/mol. The third-order valence-electron chi connectivity index (χ3n) is 4.44. The molecule has 30 heavy (non-hydrogen) atoms. The Balaban J connectivity index is 1.58. The van der Waals surface area contributed by atoms with Gasteiger partial charge in [0.05, 0.1) is 16.3 Å². The molecule has 2 heterocycles. The van der Waals surface area contributed by atoms with Crippen LogP contribution in [0.3, 0.4) is 0 Å². The summed E-state index contributed by atoms with van der Waals surface area (Å²) in [6, 6.07) is 20.6. The van der Waals surface area contributed by atoms with Crippen molar-refractivity contribution in [3.8, 4) is 0 Å². The second-order valence-corrected chi connectivity index (χ2v) is 9.42. The second kappa shape index (κ2) is 8.33. The zero-order valence-corrected chi connectivity index (χ0v) is 17.8. The Bertz CT molecular complexity index is 1370. The van der Waals surface area contributed by atoms with Gasteiger partial charge in [-0.25, -0.2) is 13.4 Å². The smallest absolute Gasteiger partial charge is 0.261 e. The fraction of sp³-hybridized carbons (Fsp3) is 0.0909. The fourth-order valence-electron chi connectivity index (χ4n) is 2.96. The molecule has 2 aromatic heterocycles. The summed E-state index contributed by atoms with van der Waals surface area (Å²) < 4.78 is 29.5. The number of nitrogens with one attached hydrogen (secondary N) is 1. The van der Waals surface area contributed by atoms with Crippen LogP contribution in [0.1, 0.15) is 11.3 Å². The Hall–Kier alpha value is -3.10. The first-order valence-corrected chi connectivity index (χ1v) is 11.7. The minimum Gasteiger partial charge on any atom is -0.278 e. The first-order chi connectivity index (χ1) is 14.4. The van der Waals surface area contributed by atoms with Crippen molar-refractivity contribution in [3.05, 3.63) is 101 Å². The van der Waals surface area contributed by atoms with E-state index in [-0.39, 0.29) is 10.5 Å². The van der Waals surface area contributed by atoms with Gasteiger partial charge in [-0.05, 0) is 48.9 Å². The van der Waals surface area contributed by atoms with E-state index in [0.717, 1.165) is 10.5 Å². The summed E-state index contributed by atoms with van der Waals surface area (Å²) in [6.45, 7) is 1.95. The molecule has 6 nitrogen and oxygen atoms in total. The normalized spacial score (nSPS) is 11.5. The number of hydrogen-bond acceptors (Lipinski definition) is 5. The lowest BCUT2D eigenvalue weighted by Gasteiger charge is -2.12. The van der Waals surface area contributed by atoms with Gasteiger partial charge in [0.2, 0.25) is 0 Å². The van der Waals surface area contributed by atoms with Gasteiger partial charge in [-0.15, -0.1) is 11.8 Å². The molecule has 0 bridgehead atoms. The number of sulfonamides is 1. The molecule has 0 saturated heterocycles. The Morgan fingerprint density at radius 2 is 1.73 bits per heavy atom. The topological polar surface area (TPSA) is 80.5 Å². The number of nitrogens with zero attached hydrogens (tertiary/aromatic N) is 2. The van der Waals surface area contributed by atoms with Crippen LogP contribution in [0, 0.1) is 6.92 Å². The average molecular weight is 438 g/mol. The molecule has 0 radical (unpaired) electrons. The van der Waals surface area contributed by atoms with Crippen molar-refractivity contribution in [2.75, 3.05) is 4.72 Å². The molecule has 0 spiro atoms. The Kier molecular flexibility index (Phi) is 5.61. The third kappa shape index (κ3) is 4.39. The Morgan fingerprint density at radius 3 is 2.53 bits per heavy atom. The molecule has 4 rings (SSSR count). The van der Waals surface area contributed by atoms with Crippen molar-refractivity contribution in [1.29, 1.82) is 0 Å². The van der Waals surface area contributed by atoms with E-state index in [0.29, 0.717) is 22.8 Å². The molecular weight excluding hydrogens is 418 g/mol. The molecular formula is C22H19N3O3S2. The minimum atomic E-state index is -3.69. The molecule has 2 aromatic carbocycles. The molecule has 0 aliphatic heterocycles. The van der Waals surface area contributed by atoms with Gasteiger partial charge in [-0.1, -0.05) is 30.3 Å². The van der Waals surface area contributed by atoms with Crippen LogP contribution in [-0.4, -0.2) is 17.8 Å². The van der Waals surface area contributed by atoms with E-state index in [1.165, 1.54) is 22.2 Å². The number of para-hydroxylation sites is 1. The highest BCUT2D eigenvalue weighted by molar-refractivity contribution is 7.98. The Labute approximate surface area is 178 Å². The SMILES string of the molecule is Cc1ccn2c(=O)cc(CSc3ccccc3NS(=O)(=O)c3ccccc3)nc2c1. The largest absolute Gasteiger partial charge is 0.278 e. The van der Waals surface area contributed by atoms with Gasteiger partial charge in [0.15, 0.2) is 0 Å². The van der Waals surface area contributed by atoms with Crippen molar-refractivity contribution < 1.29 is 8.42 Å². The third-order valence-corrected chi connectivity index (χ3v) is 6.92. The second-order valence-electron chi connectivity index (χ2n) is 6.72. The zero-order chi connectivity index (χ0) is 21.1. The number of hydrogen-bond donors (Lipinski definition) is 1. The van der Waals surface area contributed by atoms with Crippen molar-refractivity contribution in [1.82, 2.24) is 9.38 Å². The molecule has 0 unspecified atom stereocenters. The van der Waals surface area contributed by atoms with Crippen molar-refractivity contribution in [2.45, 2.75) is 22.5 Å². The van der Waals surface area contributed by atoms with Crippen LogP contribution in [0.2, 0.25) is 0 Å². The number of anilines is 1. The van der Waals surface area contributed by atoms with E-state index >= 15 is 0 Å². The van der Waals surface area contributed by atoms with Crippen molar-refractivity contribution >= 4 is 33.1 Å². The maximum atomic E-state index is 12.7. The first-order valence-electron chi connectivity index (χ1n) is 9.21. The van der Waals surface area contributed by atoms with Crippen molar-refractivity contribution in [3.63, 3.8) is 0 Å². The molecule has 4 aromatic rings. The van der Waals surface area contributed by atoms with E-state index in [2.05, 4.69) is 9.71 Å². The summed E-state index contributed by atoms with van der Waals surface area (Å²) in [5.41, 5.74) is 2.59. The average Bonchev–Trinajstić information content (AvgIpc) is 2.73. The van der Waals surface area contributed by atoms with Gasteiger partial charge in [-0.3, -0.25) is 13.9 Å². The number of thioether (sulfide) groups is 1. The number of aromatic nitrogens is 2. The summed E-state index contributed by atoms with van der Waals surface area (Å²) in [6.07, 6.45) is 1.71. The molecule has 8 heteroatoms. The summed E-state index contributed by atoms with van der Waals surface area (Å²) in [5, 5.41) is 0. The highest BCUT2D eigenvalue weighted by Crippen LogP contribution is 2.30. The fourth-order valence-corrected chi connectivity index (χ4v) is 5.03. The number of fused-ring (bicyclic) bond motifs is 1. The highest BCUT2D eigenvalue weighted by atomic mass is 32.2. The van der Waals surface area contributed by atoms with E-state index in [1.54, 1.807) is 48.7 Å². The van der Waals surface area contributed by atoms with Crippen LogP contribution in [0.25, 0.3) is 5.65 Å². The van der Waals surface area contributed by atoms with E-state index in [4.69, 9.17) is 0 Å². The van der Waals surface area contributed by atoms with Gasteiger partial charge >= 0.3 is 0 Å². The predicted octanol–water partition coefficient (Wildman–Crippen LogP) is 4.10. The van der Waals surface area contributed by atoms with Crippen LogP contribution in [0.4, 0.5) is 5.69 Å². The maximum Gasteiger partial charge on any atom is 0.261 e. The Morgan fingerprint density at radius 1 is 1.00 bits per heavy atom. The lowest BCUT2D eigenvalue weighted by Crippen LogP contribution is -2.15. The molecule has 1 N–H and O–H groups in total. The van der Waals surface area contributed by atoms with Gasteiger partial charge in [0.1, 0.15) is 5.65 Å². The van der Waals surface area contributed by atoms with Crippen LogP contribution in [0.5, 0.6) is 0 Å². The molecule has 0 fully saturated rings. The first kappa shape index (κ1) is 20.2. The van der Waals surface area contributed by atoms with E-state index in [9.17, 15) is 13.2 Å². The van der Waals surface area contributed by atoms with Crippen LogP contribution in [-0.2, 0) is 15.8 Å². The predicted molar refractivity (Wildman–Crippen MR) is 119 cm³/mol. The standard InChI is InChI=1S/C22H19N3O3S2/c1-16-11-12-25-21(13-16)23-17(14-22(25)26)15-29-20-10-6-5-9-19(20)24-30(27,28)18-7-3-2-4-8-18/h2-14,24H,15H2,1H3. The number of rotatable bonds is 6. The summed E-state index contributed by atoms with van der Waals surface area (Å²) in [7, 11) is -3.69.